The van der Waals surface area contributed by atoms with Gasteiger partial charge in [0.1, 0.15) is 28.8 Å². The first-order chi connectivity index (χ1) is 28.0. The zero-order valence-corrected chi connectivity index (χ0v) is 30.5. The number of hydrogen-bond acceptors (Lipinski definition) is 2. The third kappa shape index (κ3) is 6.01. The summed E-state index contributed by atoms with van der Waals surface area (Å²) in [5.41, 5.74) is 8.88. The summed E-state index contributed by atoms with van der Waals surface area (Å²) in [6, 6.07) is 62.5. The number of rotatable bonds is 7. The van der Waals surface area contributed by atoms with E-state index in [1.807, 2.05) is 66.7 Å². The van der Waals surface area contributed by atoms with Crippen molar-refractivity contribution in [3.63, 3.8) is 0 Å². The second-order valence-corrected chi connectivity index (χ2v) is 14.1. The molecule has 0 bridgehead atoms. The molecule has 0 saturated carbocycles. The van der Waals surface area contributed by atoms with E-state index in [-0.39, 0.29) is 5.56 Å². The van der Waals surface area contributed by atoms with Gasteiger partial charge in [0.05, 0.1) is 5.56 Å². The van der Waals surface area contributed by atoms with Gasteiger partial charge in [-0.15, -0.1) is 0 Å². The van der Waals surface area contributed by atoms with Crippen LogP contribution in [0.5, 0.6) is 0 Å². The van der Waals surface area contributed by atoms with Gasteiger partial charge < -0.3 is 9.32 Å². The van der Waals surface area contributed by atoms with Crippen LogP contribution in [0.3, 0.4) is 0 Å². The van der Waals surface area contributed by atoms with Crippen molar-refractivity contribution in [1.29, 1.82) is 0 Å². The largest absolute Gasteiger partial charge is 0.455 e. The molecule has 0 radical (unpaired) electrons. The molecule has 0 spiro atoms. The lowest BCUT2D eigenvalue weighted by atomic mass is 9.91. The summed E-state index contributed by atoms with van der Waals surface area (Å²) in [4.78, 5) is 2.09. The van der Waals surface area contributed by atoms with Crippen LogP contribution in [0.1, 0.15) is 0 Å². The van der Waals surface area contributed by atoms with E-state index in [1.54, 1.807) is 12.1 Å². The van der Waals surface area contributed by atoms with Crippen molar-refractivity contribution in [1.82, 2.24) is 0 Å². The van der Waals surface area contributed by atoms with E-state index in [9.17, 15) is 13.2 Å². The Morgan fingerprint density at radius 2 is 0.842 bits per heavy atom. The van der Waals surface area contributed by atoms with Gasteiger partial charge in [0.15, 0.2) is 0 Å². The van der Waals surface area contributed by atoms with Gasteiger partial charge in [-0.3, -0.25) is 0 Å². The number of benzene rings is 9. The Hall–Kier alpha value is -7.37. The number of anilines is 3. The lowest BCUT2D eigenvalue weighted by molar-refractivity contribution is 0.548. The van der Waals surface area contributed by atoms with Gasteiger partial charge in [0, 0.05) is 51.1 Å². The van der Waals surface area contributed by atoms with Crippen LogP contribution in [0.2, 0.25) is 0 Å². The quantitative estimate of drug-likeness (QED) is 0.151. The van der Waals surface area contributed by atoms with Gasteiger partial charge in [-0.2, -0.15) is 0 Å². The fourth-order valence-electron chi connectivity index (χ4n) is 8.05. The highest BCUT2D eigenvalue weighted by Gasteiger charge is 2.23. The molecule has 272 valence electrons. The maximum atomic E-state index is 14.7. The van der Waals surface area contributed by atoms with E-state index >= 15 is 0 Å². The maximum absolute atomic E-state index is 14.7. The maximum Gasteiger partial charge on any atom is 0.143 e. The highest BCUT2D eigenvalue weighted by molar-refractivity contribution is 6.28. The fourth-order valence-corrected chi connectivity index (χ4v) is 8.05. The molecule has 0 atom stereocenters. The molecule has 0 amide bonds. The molecule has 0 fully saturated rings. The molecule has 10 aromatic rings. The first-order valence-electron chi connectivity index (χ1n) is 18.7. The average Bonchev–Trinajstić information content (AvgIpc) is 3.67. The minimum absolute atomic E-state index is 0.261. The van der Waals surface area contributed by atoms with Crippen LogP contribution >= 0.6 is 0 Å². The Kier molecular flexibility index (Phi) is 8.41. The van der Waals surface area contributed by atoms with Crippen molar-refractivity contribution in [2.45, 2.75) is 0 Å². The Balaban J connectivity index is 1.08. The first-order valence-corrected chi connectivity index (χ1v) is 18.7. The zero-order chi connectivity index (χ0) is 38.5. The van der Waals surface area contributed by atoms with E-state index in [0.717, 1.165) is 83.2 Å². The standard InChI is InChI=1S/C52H32F3NO/c53-38-31-46(54)48(47(55)32-38)35-22-27-41(28-23-35)56(39-16-8-3-9-17-39)40-25-20-33(21-26-40)37-24-29-43-45(30-37)42-18-10-11-19-44(42)52-50(43)49(34-12-4-1-5-13-34)51(57-52)36-14-6-2-7-15-36/h1-32H. The highest BCUT2D eigenvalue weighted by atomic mass is 19.1. The van der Waals surface area contributed by atoms with Crippen LogP contribution in [0, 0.1) is 17.5 Å². The SMILES string of the molecule is Fc1cc(F)c(-c2ccc(N(c3ccccc3)c3ccc(-c4ccc5c(c4)c4ccccc4c4oc(-c6ccccc6)c(-c6ccccc6)c54)cc3)cc2)c(F)c1. The smallest absolute Gasteiger partial charge is 0.143 e. The van der Waals surface area contributed by atoms with Gasteiger partial charge in [0.25, 0.3) is 0 Å². The van der Waals surface area contributed by atoms with E-state index < -0.39 is 17.5 Å². The second-order valence-electron chi connectivity index (χ2n) is 14.1. The first kappa shape index (κ1) is 34.1. The Morgan fingerprint density at radius 3 is 1.47 bits per heavy atom. The summed E-state index contributed by atoms with van der Waals surface area (Å²) < 4.78 is 49.8. The predicted molar refractivity (Wildman–Crippen MR) is 228 cm³/mol. The molecule has 1 aromatic heterocycles. The number of hydrogen-bond donors (Lipinski definition) is 0. The normalized spacial score (nSPS) is 11.4. The van der Waals surface area contributed by atoms with E-state index in [4.69, 9.17) is 4.42 Å². The molecule has 0 aliphatic rings. The molecule has 2 nitrogen and oxygen atoms in total. The Bertz CT molecular complexity index is 3050. The summed E-state index contributed by atoms with van der Waals surface area (Å²) in [6.45, 7) is 0. The third-order valence-electron chi connectivity index (χ3n) is 10.7. The van der Waals surface area contributed by atoms with Gasteiger partial charge in [-0.1, -0.05) is 140 Å². The monoisotopic (exact) mass is 743 g/mol. The highest BCUT2D eigenvalue weighted by Crippen LogP contribution is 2.48. The molecule has 1 heterocycles. The van der Waals surface area contributed by atoms with E-state index in [1.165, 1.54) is 0 Å². The van der Waals surface area contributed by atoms with Crippen LogP contribution in [-0.4, -0.2) is 0 Å². The molecule has 57 heavy (non-hydrogen) atoms. The predicted octanol–water partition coefficient (Wildman–Crippen LogP) is 15.3. The number of fused-ring (bicyclic) bond motifs is 6. The minimum Gasteiger partial charge on any atom is -0.455 e. The van der Waals surface area contributed by atoms with E-state index in [0.29, 0.717) is 17.7 Å². The zero-order valence-electron chi connectivity index (χ0n) is 30.5. The Morgan fingerprint density at radius 1 is 0.351 bits per heavy atom. The molecule has 0 aliphatic heterocycles. The van der Waals surface area contributed by atoms with E-state index in [2.05, 4.69) is 108 Å². The summed E-state index contributed by atoms with van der Waals surface area (Å²) >= 11 is 0. The second kappa shape index (κ2) is 14.0. The molecular weight excluding hydrogens is 712 g/mol. The molecule has 0 N–H and O–H groups in total. The molecular formula is C52H32F3NO. The molecule has 0 aliphatic carbocycles. The van der Waals surface area contributed by atoms with Gasteiger partial charge in [0.2, 0.25) is 0 Å². The lowest BCUT2D eigenvalue weighted by Gasteiger charge is -2.26. The number of para-hydroxylation sites is 1. The summed E-state index contributed by atoms with van der Waals surface area (Å²) in [5, 5.41) is 5.52. The molecule has 0 saturated heterocycles. The molecule has 9 aromatic carbocycles. The van der Waals surface area contributed by atoms with Crippen LogP contribution in [-0.2, 0) is 0 Å². The average molecular weight is 744 g/mol. The minimum atomic E-state index is -0.953. The number of halogens is 3. The van der Waals surface area contributed by atoms with Gasteiger partial charge >= 0.3 is 0 Å². The molecule has 10 rings (SSSR count). The summed E-state index contributed by atoms with van der Waals surface area (Å²) in [6.07, 6.45) is 0. The van der Waals surface area contributed by atoms with Crippen molar-refractivity contribution < 1.29 is 17.6 Å². The van der Waals surface area contributed by atoms with Crippen molar-refractivity contribution in [2.75, 3.05) is 4.90 Å². The topological polar surface area (TPSA) is 16.4 Å². The van der Waals surface area contributed by atoms with Gasteiger partial charge in [-0.05, 0) is 80.9 Å². The van der Waals surface area contributed by atoms with Crippen molar-refractivity contribution >= 4 is 49.6 Å². The van der Waals surface area contributed by atoms with Crippen LogP contribution < -0.4 is 4.90 Å². The number of furan rings is 1. The molecule has 0 unspecified atom stereocenters. The van der Waals surface area contributed by atoms with Crippen molar-refractivity contribution in [3.05, 3.63) is 212 Å². The Labute approximate surface area is 327 Å². The van der Waals surface area contributed by atoms with Crippen molar-refractivity contribution in [2.24, 2.45) is 0 Å². The van der Waals surface area contributed by atoms with Crippen LogP contribution in [0.4, 0.5) is 30.2 Å². The lowest BCUT2D eigenvalue weighted by Crippen LogP contribution is -2.09. The number of nitrogens with zero attached hydrogens (tertiary/aromatic N) is 1. The van der Waals surface area contributed by atoms with Gasteiger partial charge in [-0.25, -0.2) is 13.2 Å². The summed E-state index contributed by atoms with van der Waals surface area (Å²) in [5.74, 6) is -1.99. The third-order valence-corrected chi connectivity index (χ3v) is 10.7. The van der Waals surface area contributed by atoms with Crippen LogP contribution in [0.15, 0.2) is 199 Å². The van der Waals surface area contributed by atoms with Crippen molar-refractivity contribution in [3.8, 4) is 44.7 Å². The van der Waals surface area contributed by atoms with Crippen LogP contribution in [0.25, 0.3) is 77.2 Å². The fraction of sp³-hybridized carbons (Fsp3) is 0. The molecule has 5 heteroatoms. The summed E-state index contributed by atoms with van der Waals surface area (Å²) in [7, 11) is 0.